The molecule has 0 unspecified atom stereocenters. The van der Waals surface area contributed by atoms with Crippen LogP contribution in [0.25, 0.3) is 21.2 Å². The topological polar surface area (TPSA) is 50.2 Å². The lowest BCUT2D eigenvalue weighted by molar-refractivity contribution is 0.0702. The van der Waals surface area contributed by atoms with Gasteiger partial charge < -0.3 is 5.11 Å². The van der Waals surface area contributed by atoms with Gasteiger partial charge >= 0.3 is 5.97 Å². The molecule has 3 aromatic rings. The van der Waals surface area contributed by atoms with Gasteiger partial charge in [0.2, 0.25) is 0 Å². The largest absolute Gasteiger partial charge is 0.477 e. The summed E-state index contributed by atoms with van der Waals surface area (Å²) in [5.74, 6) is -0.887. The SMILES string of the molecule is O=C(O)c1cc2cncc(-c3ccsc3)c2s1. The number of thiophene rings is 2. The van der Waals surface area contributed by atoms with E-state index in [1.807, 2.05) is 16.8 Å². The van der Waals surface area contributed by atoms with Gasteiger partial charge in [-0.15, -0.1) is 11.3 Å². The minimum atomic E-state index is -0.887. The number of rotatable bonds is 2. The molecule has 1 N–H and O–H groups in total. The molecule has 0 fully saturated rings. The highest BCUT2D eigenvalue weighted by Crippen LogP contribution is 2.34. The first kappa shape index (κ1) is 10.4. The summed E-state index contributed by atoms with van der Waals surface area (Å²) < 4.78 is 0.982. The van der Waals surface area contributed by atoms with Crippen molar-refractivity contribution in [3.05, 3.63) is 40.2 Å². The number of carbonyl (C=O) groups is 1. The molecule has 0 radical (unpaired) electrons. The Labute approximate surface area is 105 Å². The van der Waals surface area contributed by atoms with Crippen molar-refractivity contribution in [1.82, 2.24) is 4.98 Å². The lowest BCUT2D eigenvalue weighted by Gasteiger charge is -1.98. The fourth-order valence-electron chi connectivity index (χ4n) is 1.69. The maximum atomic E-state index is 11.0. The van der Waals surface area contributed by atoms with Crippen molar-refractivity contribution in [3.8, 4) is 11.1 Å². The Morgan fingerprint density at radius 3 is 2.94 bits per heavy atom. The maximum Gasteiger partial charge on any atom is 0.345 e. The first-order chi connectivity index (χ1) is 8.25. The molecule has 0 aliphatic rings. The van der Waals surface area contributed by atoms with Gasteiger partial charge in [-0.2, -0.15) is 11.3 Å². The number of aromatic carboxylic acids is 1. The number of fused-ring (bicyclic) bond motifs is 1. The Hall–Kier alpha value is -1.72. The molecule has 3 rings (SSSR count). The molecule has 3 aromatic heterocycles. The van der Waals surface area contributed by atoms with Crippen molar-refractivity contribution in [3.63, 3.8) is 0 Å². The van der Waals surface area contributed by atoms with Gasteiger partial charge in [-0.1, -0.05) is 0 Å². The molecule has 17 heavy (non-hydrogen) atoms. The Kier molecular flexibility index (Phi) is 2.42. The molecule has 84 valence electrons. The van der Waals surface area contributed by atoms with Crippen LogP contribution in [0.2, 0.25) is 0 Å². The van der Waals surface area contributed by atoms with Gasteiger partial charge in [0.1, 0.15) is 4.88 Å². The molecular weight excluding hydrogens is 254 g/mol. The molecular formula is C12H7NO2S2. The molecule has 0 aliphatic heterocycles. The zero-order valence-corrected chi connectivity index (χ0v) is 10.2. The summed E-state index contributed by atoms with van der Waals surface area (Å²) in [5.41, 5.74) is 2.09. The summed E-state index contributed by atoms with van der Waals surface area (Å²) in [7, 11) is 0. The summed E-state index contributed by atoms with van der Waals surface area (Å²) in [4.78, 5) is 15.5. The van der Waals surface area contributed by atoms with E-state index in [-0.39, 0.29) is 0 Å². The number of carboxylic acid groups (broad SMARTS) is 1. The van der Waals surface area contributed by atoms with Crippen molar-refractivity contribution >= 4 is 38.7 Å². The molecule has 3 heterocycles. The van der Waals surface area contributed by atoms with Crippen molar-refractivity contribution in [1.29, 1.82) is 0 Å². The molecule has 0 aliphatic carbocycles. The second-order valence-electron chi connectivity index (χ2n) is 3.53. The van der Waals surface area contributed by atoms with Crippen LogP contribution in [0.15, 0.2) is 35.3 Å². The molecule has 0 atom stereocenters. The van der Waals surface area contributed by atoms with E-state index in [4.69, 9.17) is 5.11 Å². The molecule has 0 amide bonds. The van der Waals surface area contributed by atoms with Crippen LogP contribution in [0, 0.1) is 0 Å². The fourth-order valence-corrected chi connectivity index (χ4v) is 3.35. The zero-order valence-electron chi connectivity index (χ0n) is 8.58. The van der Waals surface area contributed by atoms with Gasteiger partial charge in [-0.05, 0) is 28.5 Å². The van der Waals surface area contributed by atoms with Crippen LogP contribution in [0.1, 0.15) is 9.67 Å². The third-order valence-corrected chi connectivity index (χ3v) is 4.32. The second-order valence-corrected chi connectivity index (χ2v) is 5.37. The van der Waals surface area contributed by atoms with Crippen molar-refractivity contribution < 1.29 is 9.90 Å². The number of pyridine rings is 1. The van der Waals surface area contributed by atoms with Crippen LogP contribution in [-0.4, -0.2) is 16.1 Å². The Balaban J connectivity index is 2.29. The summed E-state index contributed by atoms with van der Waals surface area (Å²) in [5, 5.41) is 13.9. The first-order valence-corrected chi connectivity index (χ1v) is 6.65. The lowest BCUT2D eigenvalue weighted by atomic mass is 10.1. The van der Waals surface area contributed by atoms with Crippen LogP contribution in [0.4, 0.5) is 0 Å². The number of hydrogen-bond acceptors (Lipinski definition) is 4. The highest BCUT2D eigenvalue weighted by Gasteiger charge is 2.12. The predicted octanol–water partition coefficient (Wildman–Crippen LogP) is 3.72. The Morgan fingerprint density at radius 1 is 1.35 bits per heavy atom. The van der Waals surface area contributed by atoms with E-state index in [0.717, 1.165) is 21.2 Å². The summed E-state index contributed by atoms with van der Waals surface area (Å²) in [6.45, 7) is 0. The highest BCUT2D eigenvalue weighted by atomic mass is 32.1. The van der Waals surface area contributed by atoms with Gasteiger partial charge in [-0.3, -0.25) is 4.98 Å². The fraction of sp³-hybridized carbons (Fsp3) is 0. The van der Waals surface area contributed by atoms with E-state index < -0.39 is 5.97 Å². The minimum Gasteiger partial charge on any atom is -0.477 e. The lowest BCUT2D eigenvalue weighted by Crippen LogP contribution is -1.89. The van der Waals surface area contributed by atoms with Gasteiger partial charge in [0.15, 0.2) is 0 Å². The standard InChI is InChI=1S/C12H7NO2S2/c14-12(15)10-3-8-4-13-5-9(11(8)17-10)7-1-2-16-6-7/h1-6H,(H,14,15). The van der Waals surface area contributed by atoms with Crippen molar-refractivity contribution in [2.24, 2.45) is 0 Å². The molecule has 0 spiro atoms. The van der Waals surface area contributed by atoms with Crippen molar-refractivity contribution in [2.45, 2.75) is 0 Å². The number of carboxylic acids is 1. The van der Waals surface area contributed by atoms with E-state index in [2.05, 4.69) is 4.98 Å². The highest BCUT2D eigenvalue weighted by molar-refractivity contribution is 7.21. The molecule has 0 saturated carbocycles. The molecule has 3 nitrogen and oxygen atoms in total. The molecule has 5 heteroatoms. The number of hydrogen-bond donors (Lipinski definition) is 1. The number of aromatic nitrogens is 1. The average molecular weight is 261 g/mol. The molecule has 0 saturated heterocycles. The second kappa shape index (κ2) is 3.94. The Morgan fingerprint density at radius 2 is 2.24 bits per heavy atom. The zero-order chi connectivity index (χ0) is 11.8. The summed E-state index contributed by atoms with van der Waals surface area (Å²) in [6.07, 6.45) is 3.49. The molecule has 0 aromatic carbocycles. The van der Waals surface area contributed by atoms with Crippen LogP contribution >= 0.6 is 22.7 Å². The van der Waals surface area contributed by atoms with Gasteiger partial charge in [0, 0.05) is 28.0 Å². The van der Waals surface area contributed by atoms with E-state index in [1.54, 1.807) is 29.8 Å². The Bertz CT molecular complexity index is 686. The van der Waals surface area contributed by atoms with E-state index >= 15 is 0 Å². The monoisotopic (exact) mass is 261 g/mol. The predicted molar refractivity (Wildman–Crippen MR) is 69.9 cm³/mol. The minimum absolute atomic E-state index is 0.351. The van der Waals surface area contributed by atoms with E-state index in [1.165, 1.54) is 11.3 Å². The first-order valence-electron chi connectivity index (χ1n) is 4.89. The summed E-state index contributed by atoms with van der Waals surface area (Å²) in [6, 6.07) is 3.69. The van der Waals surface area contributed by atoms with Crippen molar-refractivity contribution in [2.75, 3.05) is 0 Å². The number of nitrogens with zero attached hydrogens (tertiary/aromatic N) is 1. The quantitative estimate of drug-likeness (QED) is 0.764. The van der Waals surface area contributed by atoms with Gasteiger partial charge in [0.25, 0.3) is 0 Å². The van der Waals surface area contributed by atoms with Gasteiger partial charge in [0.05, 0.1) is 0 Å². The van der Waals surface area contributed by atoms with Crippen LogP contribution < -0.4 is 0 Å². The average Bonchev–Trinajstić information content (AvgIpc) is 2.97. The van der Waals surface area contributed by atoms with Crippen LogP contribution in [-0.2, 0) is 0 Å². The van der Waals surface area contributed by atoms with E-state index in [0.29, 0.717) is 4.88 Å². The maximum absolute atomic E-state index is 11.0. The third-order valence-electron chi connectivity index (χ3n) is 2.47. The summed E-state index contributed by atoms with van der Waals surface area (Å²) >= 11 is 2.91. The van der Waals surface area contributed by atoms with Gasteiger partial charge in [-0.25, -0.2) is 4.79 Å². The van der Waals surface area contributed by atoms with E-state index in [9.17, 15) is 4.79 Å². The van der Waals surface area contributed by atoms with Crippen LogP contribution in [0.5, 0.6) is 0 Å². The normalized spacial score (nSPS) is 10.8. The third kappa shape index (κ3) is 1.73. The smallest absolute Gasteiger partial charge is 0.345 e. The molecule has 0 bridgehead atoms. The van der Waals surface area contributed by atoms with Crippen LogP contribution in [0.3, 0.4) is 0 Å².